The van der Waals surface area contributed by atoms with Crippen LogP contribution in [0.1, 0.15) is 51.9 Å². The smallest absolute Gasteiger partial charge is 0.450 e. The molecule has 7 heteroatoms. The van der Waals surface area contributed by atoms with Crippen LogP contribution in [0.4, 0.5) is 4.79 Å². The van der Waals surface area contributed by atoms with Gasteiger partial charge in [0.2, 0.25) is 5.91 Å². The van der Waals surface area contributed by atoms with E-state index in [1.54, 1.807) is 0 Å². The average molecular weight is 313 g/mol. The highest BCUT2D eigenvalue weighted by Gasteiger charge is 2.46. The SMILES string of the molecule is CCCC#CCCCCC1(OC)CC(=O)NC1=O.O=C(O)O. The molecule has 1 aliphatic heterocycles. The summed E-state index contributed by atoms with van der Waals surface area (Å²) in [4.78, 5) is 31.4. The third kappa shape index (κ3) is 7.64. The van der Waals surface area contributed by atoms with Crippen molar-refractivity contribution in [2.24, 2.45) is 0 Å². The maximum absolute atomic E-state index is 11.7. The van der Waals surface area contributed by atoms with E-state index in [0.29, 0.717) is 6.42 Å². The Morgan fingerprint density at radius 3 is 2.32 bits per heavy atom. The molecule has 0 aromatic heterocycles. The molecule has 0 bridgehead atoms. The summed E-state index contributed by atoms with van der Waals surface area (Å²) < 4.78 is 5.26. The van der Waals surface area contributed by atoms with Crippen molar-refractivity contribution >= 4 is 18.0 Å². The molecule has 2 amide bonds. The molecule has 1 heterocycles. The van der Waals surface area contributed by atoms with Crippen LogP contribution in [0.5, 0.6) is 0 Å². The maximum atomic E-state index is 11.7. The second-order valence-corrected chi connectivity index (χ2v) is 4.85. The minimum absolute atomic E-state index is 0.143. The topological polar surface area (TPSA) is 113 Å². The van der Waals surface area contributed by atoms with E-state index in [2.05, 4.69) is 24.1 Å². The third-order valence-corrected chi connectivity index (χ3v) is 3.14. The molecule has 3 N–H and O–H groups in total. The molecule has 7 nitrogen and oxygen atoms in total. The highest BCUT2D eigenvalue weighted by Crippen LogP contribution is 2.27. The Balaban J connectivity index is 0.000000980. The number of imide groups is 1. The van der Waals surface area contributed by atoms with E-state index in [0.717, 1.165) is 32.1 Å². The van der Waals surface area contributed by atoms with Gasteiger partial charge in [-0.3, -0.25) is 14.9 Å². The second kappa shape index (κ2) is 10.6. The van der Waals surface area contributed by atoms with Gasteiger partial charge in [-0.15, -0.1) is 11.8 Å². The predicted octanol–water partition coefficient (Wildman–Crippen LogP) is 2.00. The molecule has 1 atom stereocenters. The summed E-state index contributed by atoms with van der Waals surface area (Å²) in [5.41, 5.74) is -0.937. The van der Waals surface area contributed by atoms with Gasteiger partial charge in [0.05, 0.1) is 6.42 Å². The third-order valence-electron chi connectivity index (χ3n) is 3.14. The molecule has 1 aliphatic rings. The summed E-state index contributed by atoms with van der Waals surface area (Å²) in [6.45, 7) is 2.10. The molecular formula is C15H23NO6. The summed E-state index contributed by atoms with van der Waals surface area (Å²) in [6.07, 6.45) is 3.54. The number of carbonyl (C=O) groups excluding carboxylic acids is 2. The standard InChI is InChI=1S/C14H21NO3.CH2O3/c1-3-4-5-6-7-8-9-10-14(18-2)11-12(16)15-13(14)17;2-1(3)4/h3-4,7-11H2,1-2H3,(H,15,16,17);(H2,2,3,4). The zero-order valence-corrected chi connectivity index (χ0v) is 13.0. The first-order chi connectivity index (χ1) is 10.4. The predicted molar refractivity (Wildman–Crippen MR) is 79.3 cm³/mol. The normalized spacial score (nSPS) is 19.5. The van der Waals surface area contributed by atoms with Crippen LogP contribution < -0.4 is 5.32 Å². The van der Waals surface area contributed by atoms with Gasteiger partial charge in [0.15, 0.2) is 5.60 Å². The lowest BCUT2D eigenvalue weighted by Crippen LogP contribution is -2.39. The zero-order valence-electron chi connectivity index (χ0n) is 13.0. The van der Waals surface area contributed by atoms with Crippen molar-refractivity contribution in [1.29, 1.82) is 0 Å². The number of ether oxygens (including phenoxy) is 1. The van der Waals surface area contributed by atoms with E-state index in [4.69, 9.17) is 19.7 Å². The number of rotatable bonds is 6. The van der Waals surface area contributed by atoms with E-state index in [9.17, 15) is 9.59 Å². The first-order valence-corrected chi connectivity index (χ1v) is 7.15. The van der Waals surface area contributed by atoms with Gasteiger partial charge in [-0.05, 0) is 25.7 Å². The number of carbonyl (C=O) groups is 3. The number of methoxy groups -OCH3 is 1. The Labute approximate surface area is 130 Å². The first kappa shape index (κ1) is 19.9. The highest BCUT2D eigenvalue weighted by atomic mass is 16.6. The van der Waals surface area contributed by atoms with Gasteiger partial charge in [0.25, 0.3) is 5.91 Å². The lowest BCUT2D eigenvalue weighted by molar-refractivity contribution is -0.139. The molecule has 0 aliphatic carbocycles. The zero-order chi connectivity index (χ0) is 17.0. The summed E-state index contributed by atoms with van der Waals surface area (Å²) in [5, 5.41) is 16.2. The van der Waals surface area contributed by atoms with Crippen molar-refractivity contribution in [3.8, 4) is 11.8 Å². The number of hydrogen-bond donors (Lipinski definition) is 3. The summed E-state index contributed by atoms with van der Waals surface area (Å²) in [6, 6.07) is 0. The Hall–Kier alpha value is -2.07. The van der Waals surface area contributed by atoms with Crippen LogP contribution >= 0.6 is 0 Å². The van der Waals surface area contributed by atoms with Crippen molar-refractivity contribution in [1.82, 2.24) is 5.32 Å². The molecular weight excluding hydrogens is 290 g/mol. The lowest BCUT2D eigenvalue weighted by atomic mass is 9.94. The second-order valence-electron chi connectivity index (χ2n) is 4.85. The minimum Gasteiger partial charge on any atom is -0.450 e. The Morgan fingerprint density at radius 1 is 1.27 bits per heavy atom. The number of unbranched alkanes of at least 4 members (excludes halogenated alkanes) is 3. The number of carboxylic acid groups (broad SMARTS) is 2. The van der Waals surface area contributed by atoms with Crippen molar-refractivity contribution < 1.29 is 29.3 Å². The van der Waals surface area contributed by atoms with Gasteiger partial charge in [-0.1, -0.05) is 6.92 Å². The fourth-order valence-electron chi connectivity index (χ4n) is 2.02. The fourth-order valence-corrected chi connectivity index (χ4v) is 2.02. The molecule has 1 fully saturated rings. The summed E-state index contributed by atoms with van der Waals surface area (Å²) >= 11 is 0. The van der Waals surface area contributed by atoms with E-state index in [1.807, 2.05) is 0 Å². The summed E-state index contributed by atoms with van der Waals surface area (Å²) in [5.74, 6) is 5.65. The average Bonchev–Trinajstić information content (AvgIpc) is 2.72. The molecule has 1 saturated heterocycles. The molecule has 0 aromatic carbocycles. The maximum Gasteiger partial charge on any atom is 0.503 e. The van der Waals surface area contributed by atoms with Gasteiger partial charge < -0.3 is 14.9 Å². The van der Waals surface area contributed by atoms with Gasteiger partial charge in [0.1, 0.15) is 0 Å². The van der Waals surface area contributed by atoms with E-state index in [1.165, 1.54) is 7.11 Å². The minimum atomic E-state index is -1.83. The quantitative estimate of drug-likeness (QED) is 0.393. The highest BCUT2D eigenvalue weighted by molar-refractivity contribution is 6.07. The molecule has 1 unspecified atom stereocenters. The monoisotopic (exact) mass is 313 g/mol. The number of hydrogen-bond acceptors (Lipinski definition) is 4. The number of amides is 2. The van der Waals surface area contributed by atoms with Crippen LogP contribution in [-0.2, 0) is 14.3 Å². The van der Waals surface area contributed by atoms with Crippen molar-refractivity contribution in [2.75, 3.05) is 7.11 Å². The molecule has 1 rings (SSSR count). The molecule has 124 valence electrons. The van der Waals surface area contributed by atoms with E-state index in [-0.39, 0.29) is 18.2 Å². The Bertz CT molecular complexity index is 447. The van der Waals surface area contributed by atoms with Gasteiger partial charge in [-0.25, -0.2) is 4.79 Å². The van der Waals surface area contributed by atoms with Crippen molar-refractivity contribution in [3.05, 3.63) is 0 Å². The lowest BCUT2D eigenvalue weighted by Gasteiger charge is -2.22. The van der Waals surface area contributed by atoms with Crippen LogP contribution in [0.25, 0.3) is 0 Å². The van der Waals surface area contributed by atoms with E-state index < -0.39 is 11.8 Å². The van der Waals surface area contributed by atoms with Crippen LogP contribution in [-0.4, -0.2) is 40.9 Å². The molecule has 22 heavy (non-hydrogen) atoms. The fraction of sp³-hybridized carbons (Fsp3) is 0.667. The van der Waals surface area contributed by atoms with Crippen molar-refractivity contribution in [2.45, 2.75) is 57.5 Å². The van der Waals surface area contributed by atoms with Gasteiger partial charge in [0, 0.05) is 20.0 Å². The van der Waals surface area contributed by atoms with Gasteiger partial charge in [-0.2, -0.15) is 0 Å². The first-order valence-electron chi connectivity index (χ1n) is 7.15. The van der Waals surface area contributed by atoms with Gasteiger partial charge >= 0.3 is 6.16 Å². The molecule has 0 radical (unpaired) electrons. The largest absolute Gasteiger partial charge is 0.503 e. The molecule has 0 spiro atoms. The Kier molecular flexibility index (Phi) is 9.63. The van der Waals surface area contributed by atoms with Crippen LogP contribution in [0.2, 0.25) is 0 Å². The van der Waals surface area contributed by atoms with Crippen molar-refractivity contribution in [3.63, 3.8) is 0 Å². The van der Waals surface area contributed by atoms with Crippen LogP contribution in [0.15, 0.2) is 0 Å². The Morgan fingerprint density at radius 2 is 1.86 bits per heavy atom. The molecule has 0 aromatic rings. The number of nitrogens with one attached hydrogen (secondary N) is 1. The van der Waals surface area contributed by atoms with Crippen LogP contribution in [0, 0.1) is 11.8 Å². The summed E-state index contributed by atoms with van der Waals surface area (Å²) in [7, 11) is 1.49. The van der Waals surface area contributed by atoms with E-state index >= 15 is 0 Å². The molecule has 0 saturated carbocycles. The van der Waals surface area contributed by atoms with Crippen LogP contribution in [0.3, 0.4) is 0 Å².